The molecule has 2 atom stereocenters. The maximum absolute atomic E-state index is 11.6. The van der Waals surface area contributed by atoms with Gasteiger partial charge >= 0.3 is 5.97 Å². The zero-order valence-corrected chi connectivity index (χ0v) is 11.0. The molecule has 0 bridgehead atoms. The number of nitrogens with two attached hydrogens (primary N) is 2. The van der Waals surface area contributed by atoms with Gasteiger partial charge in [0.15, 0.2) is 5.96 Å². The number of aliphatic imine (C=N–C) groups is 1. The van der Waals surface area contributed by atoms with Crippen molar-refractivity contribution >= 4 is 11.9 Å². The van der Waals surface area contributed by atoms with E-state index in [9.17, 15) is 15.0 Å². The first kappa shape index (κ1) is 15.2. The van der Waals surface area contributed by atoms with Gasteiger partial charge in [0, 0.05) is 0 Å². The molecule has 1 aliphatic carbocycles. The third-order valence-corrected chi connectivity index (χ3v) is 3.23. The molecular formula is C13H21N3O3. The quantitative estimate of drug-likeness (QED) is 0.321. The number of hydrogen-bond acceptors (Lipinski definition) is 3. The van der Waals surface area contributed by atoms with Crippen LogP contribution < -0.4 is 11.5 Å². The molecule has 6 N–H and O–H groups in total. The Kier molecular flexibility index (Phi) is 5.11. The molecule has 0 amide bonds. The Labute approximate surface area is 112 Å². The van der Waals surface area contributed by atoms with Gasteiger partial charge in [0.05, 0.1) is 11.8 Å². The van der Waals surface area contributed by atoms with Gasteiger partial charge in [-0.1, -0.05) is 32.3 Å². The van der Waals surface area contributed by atoms with E-state index in [1.54, 1.807) is 0 Å². The predicted octanol–water partition coefficient (Wildman–Crippen LogP) is 0.726. The largest absolute Gasteiger partial charge is 0.481 e. The van der Waals surface area contributed by atoms with E-state index in [-0.39, 0.29) is 5.96 Å². The number of guanidine groups is 1. The van der Waals surface area contributed by atoms with Crippen LogP contribution in [0.2, 0.25) is 0 Å². The highest BCUT2D eigenvalue weighted by Gasteiger charge is 2.43. The summed E-state index contributed by atoms with van der Waals surface area (Å²) in [7, 11) is 0. The van der Waals surface area contributed by atoms with Crippen LogP contribution in [0.25, 0.3) is 0 Å². The van der Waals surface area contributed by atoms with E-state index >= 15 is 0 Å². The van der Waals surface area contributed by atoms with Crippen LogP contribution in [0.5, 0.6) is 0 Å². The van der Waals surface area contributed by atoms with E-state index in [0.717, 1.165) is 19.3 Å². The number of carboxylic acid groups (broad SMARTS) is 1. The van der Waals surface area contributed by atoms with E-state index < -0.39 is 17.5 Å². The molecule has 0 aliphatic heterocycles. The van der Waals surface area contributed by atoms with Gasteiger partial charge in [-0.15, -0.1) is 0 Å². The van der Waals surface area contributed by atoms with Gasteiger partial charge in [-0.3, -0.25) is 4.79 Å². The summed E-state index contributed by atoms with van der Waals surface area (Å²) in [4.78, 5) is 15.4. The van der Waals surface area contributed by atoms with Crippen LogP contribution >= 0.6 is 0 Å². The van der Waals surface area contributed by atoms with Crippen LogP contribution in [-0.2, 0) is 4.79 Å². The Balaban J connectivity index is 3.05. The number of aliphatic hydroxyl groups is 1. The molecule has 2 unspecified atom stereocenters. The molecule has 0 radical (unpaired) electrons. The van der Waals surface area contributed by atoms with Gasteiger partial charge in [-0.05, 0) is 18.6 Å². The van der Waals surface area contributed by atoms with Crippen molar-refractivity contribution in [3.05, 3.63) is 23.9 Å². The third-order valence-electron chi connectivity index (χ3n) is 3.23. The topological polar surface area (TPSA) is 122 Å². The van der Waals surface area contributed by atoms with Crippen molar-refractivity contribution in [3.8, 4) is 0 Å². The van der Waals surface area contributed by atoms with Crippen LogP contribution in [0.4, 0.5) is 0 Å². The lowest BCUT2D eigenvalue weighted by atomic mass is 9.74. The van der Waals surface area contributed by atoms with Gasteiger partial charge in [-0.2, -0.15) is 0 Å². The lowest BCUT2D eigenvalue weighted by molar-refractivity contribution is -0.151. The number of rotatable bonds is 6. The number of carbonyl (C=O) groups is 1. The minimum atomic E-state index is -1.35. The van der Waals surface area contributed by atoms with Crippen LogP contribution in [0.1, 0.15) is 32.6 Å². The van der Waals surface area contributed by atoms with Crippen molar-refractivity contribution in [3.63, 3.8) is 0 Å². The number of carboxylic acids is 1. The van der Waals surface area contributed by atoms with Crippen LogP contribution in [0, 0.1) is 5.41 Å². The zero-order chi connectivity index (χ0) is 14.5. The fourth-order valence-electron chi connectivity index (χ4n) is 2.16. The van der Waals surface area contributed by atoms with Crippen molar-refractivity contribution in [1.82, 2.24) is 0 Å². The molecule has 0 aromatic rings. The highest BCUT2D eigenvalue weighted by Crippen LogP contribution is 2.36. The first-order chi connectivity index (χ1) is 8.92. The number of aliphatic carboxylic acids is 1. The SMILES string of the molecule is CCCCCC1(C(=O)O)C=C(N=C(N)N)C=CC1O. The average molecular weight is 267 g/mol. The Morgan fingerprint density at radius 3 is 2.68 bits per heavy atom. The summed E-state index contributed by atoms with van der Waals surface area (Å²) in [5.74, 6) is -1.20. The fourth-order valence-corrected chi connectivity index (χ4v) is 2.16. The normalized spacial score (nSPS) is 25.8. The van der Waals surface area contributed by atoms with Gasteiger partial charge in [0.2, 0.25) is 0 Å². The molecule has 0 spiro atoms. The smallest absolute Gasteiger partial charge is 0.316 e. The molecule has 0 heterocycles. The van der Waals surface area contributed by atoms with E-state index in [0.29, 0.717) is 12.1 Å². The van der Waals surface area contributed by atoms with Gasteiger partial charge in [0.1, 0.15) is 5.41 Å². The van der Waals surface area contributed by atoms with Crippen molar-refractivity contribution in [1.29, 1.82) is 0 Å². The number of unbranched alkanes of at least 4 members (excludes halogenated alkanes) is 2. The van der Waals surface area contributed by atoms with Crippen molar-refractivity contribution in [2.75, 3.05) is 0 Å². The van der Waals surface area contributed by atoms with Gasteiger partial charge in [0.25, 0.3) is 0 Å². The molecule has 0 fully saturated rings. The Morgan fingerprint density at radius 2 is 2.16 bits per heavy atom. The second-order valence-electron chi connectivity index (χ2n) is 4.71. The lowest BCUT2D eigenvalue weighted by Crippen LogP contribution is -2.41. The molecule has 1 aliphatic rings. The molecule has 0 aromatic heterocycles. The standard InChI is InChI=1S/C13H21N3O3/c1-2-3-4-7-13(11(18)19)8-9(16-12(14)15)5-6-10(13)17/h5-6,8,10,17H,2-4,7H2,1H3,(H,18,19)(H4,14,15,16). The molecule has 106 valence electrons. The van der Waals surface area contributed by atoms with Crippen molar-refractivity contribution < 1.29 is 15.0 Å². The van der Waals surface area contributed by atoms with E-state index in [4.69, 9.17) is 11.5 Å². The van der Waals surface area contributed by atoms with E-state index in [2.05, 4.69) is 4.99 Å². The third kappa shape index (κ3) is 3.57. The number of nitrogens with zero attached hydrogens (tertiary/aromatic N) is 1. The molecule has 1 rings (SSSR count). The zero-order valence-electron chi connectivity index (χ0n) is 11.0. The molecule has 0 saturated carbocycles. The lowest BCUT2D eigenvalue weighted by Gasteiger charge is -2.32. The summed E-state index contributed by atoms with van der Waals surface area (Å²) < 4.78 is 0. The molecular weight excluding hydrogens is 246 g/mol. The van der Waals surface area contributed by atoms with Gasteiger partial charge in [-0.25, -0.2) is 4.99 Å². The predicted molar refractivity (Wildman–Crippen MR) is 73.3 cm³/mol. The number of aliphatic hydroxyl groups excluding tert-OH is 1. The van der Waals surface area contributed by atoms with Crippen molar-refractivity contribution in [2.24, 2.45) is 21.9 Å². The molecule has 19 heavy (non-hydrogen) atoms. The Morgan fingerprint density at radius 1 is 1.47 bits per heavy atom. The van der Waals surface area contributed by atoms with Crippen LogP contribution in [-0.4, -0.2) is 28.2 Å². The Hall–Kier alpha value is -1.82. The van der Waals surface area contributed by atoms with Crippen LogP contribution in [0.15, 0.2) is 28.9 Å². The van der Waals surface area contributed by atoms with E-state index in [1.165, 1.54) is 18.2 Å². The summed E-state index contributed by atoms with van der Waals surface area (Å²) in [6, 6.07) is 0. The highest BCUT2D eigenvalue weighted by molar-refractivity contribution is 5.81. The fraction of sp³-hybridized carbons (Fsp3) is 0.538. The first-order valence-electron chi connectivity index (χ1n) is 6.34. The average Bonchev–Trinajstić information content (AvgIpc) is 2.32. The summed E-state index contributed by atoms with van der Waals surface area (Å²) >= 11 is 0. The minimum Gasteiger partial charge on any atom is -0.481 e. The van der Waals surface area contributed by atoms with Gasteiger partial charge < -0.3 is 21.7 Å². The Bertz CT molecular complexity index is 425. The second-order valence-corrected chi connectivity index (χ2v) is 4.71. The molecule has 6 nitrogen and oxygen atoms in total. The molecule has 0 aromatic carbocycles. The first-order valence-corrected chi connectivity index (χ1v) is 6.34. The maximum Gasteiger partial charge on any atom is 0.316 e. The summed E-state index contributed by atoms with van der Waals surface area (Å²) in [5, 5.41) is 19.5. The van der Waals surface area contributed by atoms with E-state index in [1.807, 2.05) is 6.92 Å². The molecule has 6 heteroatoms. The van der Waals surface area contributed by atoms with Crippen LogP contribution in [0.3, 0.4) is 0 Å². The van der Waals surface area contributed by atoms with Crippen molar-refractivity contribution in [2.45, 2.75) is 38.7 Å². The maximum atomic E-state index is 11.6. The summed E-state index contributed by atoms with van der Waals surface area (Å²) in [6.45, 7) is 2.03. The minimum absolute atomic E-state index is 0.139. The second kappa shape index (κ2) is 6.38. The monoisotopic (exact) mass is 267 g/mol. The molecule has 0 saturated heterocycles. The number of hydrogen-bond donors (Lipinski definition) is 4. The summed E-state index contributed by atoms with van der Waals surface area (Å²) in [6.07, 6.45) is 6.27. The number of allylic oxidation sites excluding steroid dienone is 1. The highest BCUT2D eigenvalue weighted by atomic mass is 16.4. The summed E-state index contributed by atoms with van der Waals surface area (Å²) in [5.41, 5.74) is 9.59.